The van der Waals surface area contributed by atoms with Crippen LogP contribution < -0.4 is 20.7 Å². The lowest BCUT2D eigenvalue weighted by atomic mass is 9.96. The van der Waals surface area contributed by atoms with E-state index in [1.54, 1.807) is 18.2 Å². The SMILES string of the molecule is COc1ccc2c(c1)[C@H](CC(=O)N[C@@H](CC(C)C)C(=O)N[C@H](CC(C)C)C(=O)NCc1c(F)cccc1F)CC2=O. The number of Topliss-reactive ketones (excluding diaryl/α,β-unsaturated/α-hetero) is 1. The average Bonchev–Trinajstić information content (AvgIpc) is 3.20. The van der Waals surface area contributed by atoms with E-state index in [2.05, 4.69) is 16.0 Å². The first kappa shape index (κ1) is 31.7. The Labute approximate surface area is 239 Å². The highest BCUT2D eigenvalue weighted by molar-refractivity contribution is 6.02. The summed E-state index contributed by atoms with van der Waals surface area (Å²) < 4.78 is 33.3. The third-order valence-corrected chi connectivity index (χ3v) is 7.06. The van der Waals surface area contributed by atoms with Crippen molar-refractivity contribution in [3.8, 4) is 5.75 Å². The van der Waals surface area contributed by atoms with E-state index in [-0.39, 0.29) is 60.8 Å². The molecule has 1 aliphatic rings. The van der Waals surface area contributed by atoms with Gasteiger partial charge in [-0.1, -0.05) is 33.8 Å². The summed E-state index contributed by atoms with van der Waals surface area (Å²) in [5.41, 5.74) is 1.04. The molecule has 3 amide bonds. The van der Waals surface area contributed by atoms with E-state index in [0.29, 0.717) is 17.7 Å². The van der Waals surface area contributed by atoms with Gasteiger partial charge in [0.05, 0.1) is 7.11 Å². The Hall–Kier alpha value is -3.82. The Morgan fingerprint density at radius 2 is 1.54 bits per heavy atom. The summed E-state index contributed by atoms with van der Waals surface area (Å²) in [6.07, 6.45) is 0.804. The number of fused-ring (bicyclic) bond motifs is 1. The molecule has 0 saturated heterocycles. The van der Waals surface area contributed by atoms with Crippen LogP contribution in [0.3, 0.4) is 0 Å². The number of benzene rings is 2. The van der Waals surface area contributed by atoms with Gasteiger partial charge < -0.3 is 20.7 Å². The molecule has 0 aliphatic heterocycles. The second-order valence-electron chi connectivity index (χ2n) is 11.3. The molecule has 41 heavy (non-hydrogen) atoms. The van der Waals surface area contributed by atoms with E-state index >= 15 is 0 Å². The molecule has 10 heteroatoms. The summed E-state index contributed by atoms with van der Waals surface area (Å²) >= 11 is 0. The number of carbonyl (C=O) groups is 4. The topological polar surface area (TPSA) is 114 Å². The summed E-state index contributed by atoms with van der Waals surface area (Å²) in [6.45, 7) is 7.20. The highest BCUT2D eigenvalue weighted by Gasteiger charge is 2.33. The smallest absolute Gasteiger partial charge is 0.243 e. The van der Waals surface area contributed by atoms with Crippen molar-refractivity contribution >= 4 is 23.5 Å². The summed E-state index contributed by atoms with van der Waals surface area (Å²) in [5.74, 6) is -2.79. The first-order valence-corrected chi connectivity index (χ1v) is 13.9. The van der Waals surface area contributed by atoms with Crippen LogP contribution in [0.4, 0.5) is 8.78 Å². The average molecular weight is 572 g/mol. The zero-order chi connectivity index (χ0) is 30.3. The molecule has 0 heterocycles. The van der Waals surface area contributed by atoms with Crippen molar-refractivity contribution in [1.29, 1.82) is 0 Å². The number of carbonyl (C=O) groups excluding carboxylic acids is 4. The van der Waals surface area contributed by atoms with Gasteiger partial charge in [0.2, 0.25) is 17.7 Å². The van der Waals surface area contributed by atoms with Crippen molar-refractivity contribution < 1.29 is 32.7 Å². The van der Waals surface area contributed by atoms with Crippen molar-refractivity contribution in [1.82, 2.24) is 16.0 Å². The van der Waals surface area contributed by atoms with Gasteiger partial charge in [-0.3, -0.25) is 19.2 Å². The minimum Gasteiger partial charge on any atom is -0.497 e. The second-order valence-corrected chi connectivity index (χ2v) is 11.3. The lowest BCUT2D eigenvalue weighted by Crippen LogP contribution is -2.54. The van der Waals surface area contributed by atoms with E-state index in [9.17, 15) is 28.0 Å². The van der Waals surface area contributed by atoms with Crippen LogP contribution in [0.2, 0.25) is 0 Å². The van der Waals surface area contributed by atoms with E-state index in [0.717, 1.165) is 17.7 Å². The fourth-order valence-corrected chi connectivity index (χ4v) is 5.04. The Morgan fingerprint density at radius 1 is 0.927 bits per heavy atom. The molecule has 0 saturated carbocycles. The normalized spacial score (nSPS) is 15.8. The third-order valence-electron chi connectivity index (χ3n) is 7.06. The van der Waals surface area contributed by atoms with Crippen LogP contribution in [0.25, 0.3) is 0 Å². The van der Waals surface area contributed by atoms with Crippen LogP contribution in [0.1, 0.15) is 80.8 Å². The van der Waals surface area contributed by atoms with Gasteiger partial charge in [0.25, 0.3) is 0 Å². The number of hydrogen-bond donors (Lipinski definition) is 3. The molecule has 0 unspecified atom stereocenters. The molecular formula is C31H39F2N3O5. The maximum absolute atomic E-state index is 14.0. The van der Waals surface area contributed by atoms with Gasteiger partial charge in [0.15, 0.2) is 5.78 Å². The minimum atomic E-state index is -0.976. The molecule has 3 rings (SSSR count). The lowest BCUT2D eigenvalue weighted by Gasteiger charge is -2.25. The minimum absolute atomic E-state index is 0.0118. The quantitative estimate of drug-likeness (QED) is 0.330. The molecular weight excluding hydrogens is 532 g/mol. The van der Waals surface area contributed by atoms with Crippen molar-refractivity contribution in [2.75, 3.05) is 7.11 Å². The molecule has 0 fully saturated rings. The fraction of sp³-hybridized carbons (Fsp3) is 0.484. The van der Waals surface area contributed by atoms with Gasteiger partial charge in [-0.15, -0.1) is 0 Å². The Balaban J connectivity index is 1.69. The standard InChI is InChI=1S/C31H39F2N3O5/c1-17(2)11-26(30(39)34-16-23-24(32)7-6-8-25(23)33)36-31(40)27(12-18(3)4)35-29(38)14-19-13-28(37)21-10-9-20(41-5)15-22(19)21/h6-10,15,17-19,26-27H,11-14,16H2,1-5H3,(H,34,39)(H,35,38)(H,36,40)/t19-,26+,27-/m0/s1. The highest BCUT2D eigenvalue weighted by atomic mass is 19.1. The maximum atomic E-state index is 14.0. The first-order chi connectivity index (χ1) is 19.4. The number of methoxy groups -OCH3 is 1. The van der Waals surface area contributed by atoms with Gasteiger partial charge in [0.1, 0.15) is 29.5 Å². The van der Waals surface area contributed by atoms with Gasteiger partial charge in [-0.05, 0) is 60.6 Å². The van der Waals surface area contributed by atoms with Crippen LogP contribution >= 0.6 is 0 Å². The van der Waals surface area contributed by atoms with Crippen LogP contribution in [-0.2, 0) is 20.9 Å². The van der Waals surface area contributed by atoms with Crippen molar-refractivity contribution in [3.63, 3.8) is 0 Å². The fourth-order valence-electron chi connectivity index (χ4n) is 5.04. The van der Waals surface area contributed by atoms with Gasteiger partial charge >= 0.3 is 0 Å². The Morgan fingerprint density at radius 3 is 2.12 bits per heavy atom. The highest BCUT2D eigenvalue weighted by Crippen LogP contribution is 2.37. The summed E-state index contributed by atoms with van der Waals surface area (Å²) in [6, 6.07) is 6.72. The van der Waals surface area contributed by atoms with Crippen LogP contribution in [0.15, 0.2) is 36.4 Å². The number of ether oxygens (including phenoxy) is 1. The predicted octanol–water partition coefficient (Wildman–Crippen LogP) is 4.41. The summed E-state index contributed by atoms with van der Waals surface area (Å²) in [5, 5.41) is 8.05. The molecule has 222 valence electrons. The largest absolute Gasteiger partial charge is 0.497 e. The van der Waals surface area contributed by atoms with E-state index < -0.39 is 35.5 Å². The van der Waals surface area contributed by atoms with Crippen LogP contribution in [0.5, 0.6) is 5.75 Å². The number of rotatable bonds is 13. The van der Waals surface area contributed by atoms with Crippen LogP contribution in [-0.4, -0.2) is 42.7 Å². The lowest BCUT2D eigenvalue weighted by molar-refractivity contribution is -0.132. The molecule has 2 aromatic carbocycles. The van der Waals surface area contributed by atoms with Crippen molar-refractivity contribution in [3.05, 3.63) is 64.7 Å². The second kappa shape index (κ2) is 14.2. The summed E-state index contributed by atoms with van der Waals surface area (Å²) in [4.78, 5) is 51.9. The molecule has 0 radical (unpaired) electrons. The molecule has 0 spiro atoms. The zero-order valence-electron chi connectivity index (χ0n) is 24.2. The summed E-state index contributed by atoms with van der Waals surface area (Å²) in [7, 11) is 1.53. The Bertz CT molecular complexity index is 1260. The number of ketones is 1. The predicted molar refractivity (Wildman–Crippen MR) is 150 cm³/mol. The molecule has 3 N–H and O–H groups in total. The van der Waals surface area contributed by atoms with Crippen molar-refractivity contribution in [2.24, 2.45) is 11.8 Å². The number of halogens is 2. The van der Waals surface area contributed by atoms with E-state index in [4.69, 9.17) is 4.74 Å². The monoisotopic (exact) mass is 571 g/mol. The zero-order valence-corrected chi connectivity index (χ0v) is 24.2. The first-order valence-electron chi connectivity index (χ1n) is 13.9. The van der Waals surface area contributed by atoms with E-state index in [1.165, 1.54) is 13.2 Å². The van der Waals surface area contributed by atoms with Crippen LogP contribution in [0, 0.1) is 23.5 Å². The maximum Gasteiger partial charge on any atom is 0.243 e. The molecule has 3 atom stereocenters. The third kappa shape index (κ3) is 8.58. The molecule has 2 aromatic rings. The number of hydrogen-bond acceptors (Lipinski definition) is 5. The van der Waals surface area contributed by atoms with Gasteiger partial charge in [-0.2, -0.15) is 0 Å². The van der Waals surface area contributed by atoms with Crippen molar-refractivity contribution in [2.45, 2.75) is 77.9 Å². The Kier molecular flexibility index (Phi) is 11.0. The van der Waals surface area contributed by atoms with Gasteiger partial charge in [0, 0.05) is 36.4 Å². The number of amides is 3. The molecule has 0 bridgehead atoms. The van der Waals surface area contributed by atoms with E-state index in [1.807, 2.05) is 27.7 Å². The number of nitrogens with one attached hydrogen (secondary N) is 3. The molecule has 1 aliphatic carbocycles. The molecule has 8 nitrogen and oxygen atoms in total. The molecule has 0 aromatic heterocycles. The van der Waals surface area contributed by atoms with Gasteiger partial charge in [-0.25, -0.2) is 8.78 Å².